The van der Waals surface area contributed by atoms with Gasteiger partial charge < -0.3 is 19.3 Å². The number of carbonyl (C=O) groups excluding carboxylic acids is 2. The number of benzene rings is 1. The first-order chi connectivity index (χ1) is 11.8. The van der Waals surface area contributed by atoms with Crippen molar-refractivity contribution >= 4 is 23.3 Å². The monoisotopic (exact) mass is 349 g/mol. The standard InChI is InChI=1S/C15H15N3O7/c1-8-6-13(25-17-8)15(20)24-9(2)14(19)16-11-5-4-10(23-3)7-12(11)18(21)22/h4-7,9H,1-3H3,(H,16,19)/t9-/m0/s1. The molecule has 1 aromatic carbocycles. The fraction of sp³-hybridized carbons (Fsp3) is 0.267. The fourth-order valence-corrected chi connectivity index (χ4v) is 1.86. The molecule has 0 radical (unpaired) electrons. The zero-order valence-electron chi connectivity index (χ0n) is 13.6. The van der Waals surface area contributed by atoms with Gasteiger partial charge in [0.2, 0.25) is 5.76 Å². The summed E-state index contributed by atoms with van der Waals surface area (Å²) in [6, 6.07) is 5.31. The second-order valence-corrected chi connectivity index (χ2v) is 5.01. The Labute approximate surface area is 141 Å². The van der Waals surface area contributed by atoms with Crippen molar-refractivity contribution in [1.82, 2.24) is 5.16 Å². The maximum atomic E-state index is 12.1. The lowest BCUT2D eigenvalue weighted by molar-refractivity contribution is -0.384. The molecule has 1 aromatic heterocycles. The van der Waals surface area contributed by atoms with Crippen LogP contribution in [-0.2, 0) is 9.53 Å². The van der Waals surface area contributed by atoms with Crippen molar-refractivity contribution < 1.29 is 28.5 Å². The van der Waals surface area contributed by atoms with Gasteiger partial charge in [-0.3, -0.25) is 14.9 Å². The Morgan fingerprint density at radius 2 is 2.08 bits per heavy atom. The van der Waals surface area contributed by atoms with E-state index >= 15 is 0 Å². The lowest BCUT2D eigenvalue weighted by Crippen LogP contribution is -2.30. The molecule has 1 atom stereocenters. The SMILES string of the molecule is COc1ccc(NC(=O)[C@H](C)OC(=O)c2cc(C)no2)c([N+](=O)[O-])c1. The van der Waals surface area contributed by atoms with Gasteiger partial charge in [-0.2, -0.15) is 0 Å². The van der Waals surface area contributed by atoms with Gasteiger partial charge in [0.15, 0.2) is 6.10 Å². The highest BCUT2D eigenvalue weighted by molar-refractivity contribution is 5.98. The molecule has 0 aliphatic heterocycles. The van der Waals surface area contributed by atoms with Gasteiger partial charge in [-0.05, 0) is 26.0 Å². The molecule has 0 bridgehead atoms. The van der Waals surface area contributed by atoms with E-state index in [2.05, 4.69) is 10.5 Å². The topological polar surface area (TPSA) is 134 Å². The predicted octanol–water partition coefficient (Wildman–Crippen LogP) is 2.08. The zero-order valence-corrected chi connectivity index (χ0v) is 13.6. The third-order valence-corrected chi connectivity index (χ3v) is 3.14. The number of aryl methyl sites for hydroxylation is 1. The average Bonchev–Trinajstić information content (AvgIpc) is 3.01. The Morgan fingerprint density at radius 1 is 1.36 bits per heavy atom. The highest BCUT2D eigenvalue weighted by Crippen LogP contribution is 2.29. The lowest BCUT2D eigenvalue weighted by atomic mass is 10.2. The van der Waals surface area contributed by atoms with Crippen LogP contribution in [0.3, 0.4) is 0 Å². The molecule has 0 spiro atoms. The average molecular weight is 349 g/mol. The van der Waals surface area contributed by atoms with E-state index < -0.39 is 22.9 Å². The second kappa shape index (κ2) is 7.43. The normalized spacial score (nSPS) is 11.5. The third-order valence-electron chi connectivity index (χ3n) is 3.14. The Balaban J connectivity index is 2.08. The molecule has 0 aliphatic carbocycles. The number of carbonyl (C=O) groups is 2. The fourth-order valence-electron chi connectivity index (χ4n) is 1.86. The number of nitro benzene ring substituents is 1. The number of ether oxygens (including phenoxy) is 2. The quantitative estimate of drug-likeness (QED) is 0.476. The summed E-state index contributed by atoms with van der Waals surface area (Å²) in [5, 5.41) is 17.0. The van der Waals surface area contributed by atoms with Crippen LogP contribution in [0.2, 0.25) is 0 Å². The summed E-state index contributed by atoms with van der Waals surface area (Å²) in [5.74, 6) is -1.48. The Kier molecular flexibility index (Phi) is 5.32. The van der Waals surface area contributed by atoms with Gasteiger partial charge in [0.1, 0.15) is 11.4 Å². The summed E-state index contributed by atoms with van der Waals surface area (Å²) in [4.78, 5) is 34.4. The van der Waals surface area contributed by atoms with Crippen LogP contribution >= 0.6 is 0 Å². The van der Waals surface area contributed by atoms with Gasteiger partial charge in [0.05, 0.1) is 23.8 Å². The minimum absolute atomic E-state index is 0.0470. The first kappa shape index (κ1) is 17.9. The predicted molar refractivity (Wildman–Crippen MR) is 84.4 cm³/mol. The molecule has 2 rings (SSSR count). The van der Waals surface area contributed by atoms with E-state index in [1.807, 2.05) is 0 Å². The largest absolute Gasteiger partial charge is 0.496 e. The Morgan fingerprint density at radius 3 is 2.64 bits per heavy atom. The molecule has 0 fully saturated rings. The summed E-state index contributed by atoms with van der Waals surface area (Å²) >= 11 is 0. The van der Waals surface area contributed by atoms with Crippen molar-refractivity contribution in [1.29, 1.82) is 0 Å². The number of rotatable bonds is 6. The third kappa shape index (κ3) is 4.31. The molecule has 0 aliphatic rings. The van der Waals surface area contributed by atoms with Gasteiger partial charge in [0.25, 0.3) is 11.6 Å². The van der Waals surface area contributed by atoms with Crippen LogP contribution < -0.4 is 10.1 Å². The molecule has 1 heterocycles. The molecule has 2 aromatic rings. The molecular weight excluding hydrogens is 334 g/mol. The maximum absolute atomic E-state index is 12.1. The number of hydrogen-bond acceptors (Lipinski definition) is 8. The molecule has 1 N–H and O–H groups in total. The van der Waals surface area contributed by atoms with E-state index in [1.54, 1.807) is 6.92 Å². The van der Waals surface area contributed by atoms with Crippen LogP contribution in [0, 0.1) is 17.0 Å². The maximum Gasteiger partial charge on any atom is 0.377 e. The van der Waals surface area contributed by atoms with Crippen LogP contribution in [0.5, 0.6) is 5.75 Å². The van der Waals surface area contributed by atoms with Crippen LogP contribution in [0.4, 0.5) is 11.4 Å². The summed E-state index contributed by atoms with van der Waals surface area (Å²) in [7, 11) is 1.37. The van der Waals surface area contributed by atoms with Crippen LogP contribution in [0.25, 0.3) is 0 Å². The molecular formula is C15H15N3O7. The molecule has 0 unspecified atom stereocenters. The number of amides is 1. The van der Waals surface area contributed by atoms with Crippen molar-refractivity contribution in [2.75, 3.05) is 12.4 Å². The van der Waals surface area contributed by atoms with Crippen LogP contribution in [0.15, 0.2) is 28.8 Å². The van der Waals surface area contributed by atoms with E-state index in [9.17, 15) is 19.7 Å². The van der Waals surface area contributed by atoms with Gasteiger partial charge in [-0.25, -0.2) is 4.79 Å². The first-order valence-electron chi connectivity index (χ1n) is 7.09. The minimum Gasteiger partial charge on any atom is -0.496 e. The number of aromatic nitrogens is 1. The highest BCUT2D eigenvalue weighted by atomic mass is 16.6. The number of hydrogen-bond donors (Lipinski definition) is 1. The van der Waals surface area contributed by atoms with E-state index in [4.69, 9.17) is 14.0 Å². The summed E-state index contributed by atoms with van der Waals surface area (Å²) in [5.41, 5.74) is 0.0872. The molecule has 10 heteroatoms. The van der Waals surface area contributed by atoms with Crippen molar-refractivity contribution in [3.63, 3.8) is 0 Å². The van der Waals surface area contributed by atoms with Crippen molar-refractivity contribution in [3.05, 3.63) is 45.8 Å². The number of nitro groups is 1. The van der Waals surface area contributed by atoms with Crippen LogP contribution in [-0.4, -0.2) is 35.2 Å². The molecule has 1 amide bonds. The van der Waals surface area contributed by atoms with Crippen molar-refractivity contribution in [2.45, 2.75) is 20.0 Å². The van der Waals surface area contributed by atoms with Crippen molar-refractivity contribution in [3.8, 4) is 5.75 Å². The highest BCUT2D eigenvalue weighted by Gasteiger charge is 2.24. The Bertz CT molecular complexity index is 815. The number of methoxy groups -OCH3 is 1. The number of anilines is 1. The van der Waals surface area contributed by atoms with Gasteiger partial charge >= 0.3 is 5.97 Å². The molecule has 25 heavy (non-hydrogen) atoms. The Hall–Kier alpha value is -3.43. The van der Waals surface area contributed by atoms with E-state index in [0.29, 0.717) is 5.69 Å². The van der Waals surface area contributed by atoms with Gasteiger partial charge in [-0.15, -0.1) is 0 Å². The summed E-state index contributed by atoms with van der Waals surface area (Å²) in [6.07, 6.45) is -1.21. The van der Waals surface area contributed by atoms with Gasteiger partial charge in [0, 0.05) is 6.07 Å². The minimum atomic E-state index is -1.21. The number of nitrogens with zero attached hydrogens (tertiary/aromatic N) is 2. The zero-order chi connectivity index (χ0) is 18.6. The molecule has 0 saturated heterocycles. The van der Waals surface area contributed by atoms with Crippen LogP contribution in [0.1, 0.15) is 23.2 Å². The summed E-state index contributed by atoms with van der Waals surface area (Å²) < 4.78 is 14.6. The van der Waals surface area contributed by atoms with Gasteiger partial charge in [-0.1, -0.05) is 5.16 Å². The smallest absolute Gasteiger partial charge is 0.377 e. The van der Waals surface area contributed by atoms with E-state index in [0.717, 1.165) is 0 Å². The number of nitrogens with one attached hydrogen (secondary N) is 1. The van der Waals surface area contributed by atoms with Crippen molar-refractivity contribution in [2.24, 2.45) is 0 Å². The second-order valence-electron chi connectivity index (χ2n) is 5.01. The van der Waals surface area contributed by atoms with E-state index in [-0.39, 0.29) is 22.9 Å². The molecule has 10 nitrogen and oxygen atoms in total. The number of esters is 1. The molecule has 132 valence electrons. The summed E-state index contributed by atoms with van der Waals surface area (Å²) in [6.45, 7) is 2.95. The first-order valence-corrected chi connectivity index (χ1v) is 7.09. The molecule has 0 saturated carbocycles. The lowest BCUT2D eigenvalue weighted by Gasteiger charge is -2.13. The van der Waals surface area contributed by atoms with E-state index in [1.165, 1.54) is 38.3 Å².